The molecule has 0 amide bonds. The van der Waals surface area contributed by atoms with Gasteiger partial charge in [0.2, 0.25) is 5.95 Å². The van der Waals surface area contributed by atoms with Gasteiger partial charge in [0.15, 0.2) is 11.5 Å². The van der Waals surface area contributed by atoms with E-state index >= 15 is 0 Å². The van der Waals surface area contributed by atoms with Crippen LogP contribution in [0.4, 0.5) is 22.0 Å². The van der Waals surface area contributed by atoms with Gasteiger partial charge in [0.25, 0.3) is 0 Å². The number of H-pyrrole nitrogens is 1. The molecule has 0 bridgehead atoms. The highest BCUT2D eigenvalue weighted by molar-refractivity contribution is 6.32. The molecule has 4 aromatic rings. The SMILES string of the molecule is COc1cc(-c2nc(-c3ccc(F)nc3)[nH]c2Cl)ccc1OC(C)c1ncc(C(F)(F)F)cc1F. The van der Waals surface area contributed by atoms with Crippen LogP contribution in [0.5, 0.6) is 11.5 Å². The molecule has 0 spiro atoms. The maximum absolute atomic E-state index is 14.3. The lowest BCUT2D eigenvalue weighted by atomic mass is 10.1. The number of aromatic amines is 1. The minimum Gasteiger partial charge on any atom is -0.493 e. The van der Waals surface area contributed by atoms with Gasteiger partial charge in [0, 0.05) is 23.5 Å². The summed E-state index contributed by atoms with van der Waals surface area (Å²) in [4.78, 5) is 14.5. The van der Waals surface area contributed by atoms with Gasteiger partial charge in [-0.15, -0.1) is 0 Å². The smallest absolute Gasteiger partial charge is 0.417 e. The van der Waals surface area contributed by atoms with E-state index in [9.17, 15) is 22.0 Å². The minimum absolute atomic E-state index is 0.194. The first-order chi connectivity index (χ1) is 16.6. The first-order valence-electron chi connectivity index (χ1n) is 10.0. The average Bonchev–Trinajstić information content (AvgIpc) is 3.20. The van der Waals surface area contributed by atoms with E-state index in [1.54, 1.807) is 12.1 Å². The Bertz CT molecular complexity index is 1360. The van der Waals surface area contributed by atoms with E-state index in [-0.39, 0.29) is 22.3 Å². The lowest BCUT2D eigenvalue weighted by Gasteiger charge is -2.18. The third-order valence-corrected chi connectivity index (χ3v) is 5.26. The minimum atomic E-state index is -4.71. The van der Waals surface area contributed by atoms with Gasteiger partial charge in [0.05, 0.1) is 12.7 Å². The molecule has 0 radical (unpaired) electrons. The Hall–Kier alpha value is -3.73. The molecule has 35 heavy (non-hydrogen) atoms. The number of hydrogen-bond donors (Lipinski definition) is 1. The number of halogens is 6. The van der Waals surface area contributed by atoms with Crippen LogP contribution in [0.25, 0.3) is 22.6 Å². The maximum Gasteiger partial charge on any atom is 0.417 e. The lowest BCUT2D eigenvalue weighted by molar-refractivity contribution is -0.138. The summed E-state index contributed by atoms with van der Waals surface area (Å²) in [5.41, 5.74) is -0.0504. The molecule has 0 aliphatic carbocycles. The quantitative estimate of drug-likeness (QED) is 0.233. The number of alkyl halides is 3. The van der Waals surface area contributed by atoms with Crippen LogP contribution in [-0.4, -0.2) is 27.0 Å². The van der Waals surface area contributed by atoms with Crippen molar-refractivity contribution in [1.29, 1.82) is 0 Å². The molecule has 3 heterocycles. The van der Waals surface area contributed by atoms with Crippen molar-refractivity contribution in [2.45, 2.75) is 19.2 Å². The van der Waals surface area contributed by atoms with E-state index in [1.165, 1.54) is 38.4 Å². The highest BCUT2D eigenvalue weighted by Gasteiger charge is 2.32. The van der Waals surface area contributed by atoms with Crippen molar-refractivity contribution in [3.05, 3.63) is 77.0 Å². The van der Waals surface area contributed by atoms with Crippen LogP contribution in [0.3, 0.4) is 0 Å². The van der Waals surface area contributed by atoms with Gasteiger partial charge < -0.3 is 14.5 Å². The number of rotatable bonds is 6. The number of imidazole rings is 1. The Morgan fingerprint density at radius 2 is 1.71 bits per heavy atom. The number of methoxy groups -OCH3 is 1. The Morgan fingerprint density at radius 3 is 2.34 bits per heavy atom. The van der Waals surface area contributed by atoms with Crippen molar-refractivity contribution in [2.75, 3.05) is 7.11 Å². The highest BCUT2D eigenvalue weighted by atomic mass is 35.5. The Morgan fingerprint density at radius 1 is 0.971 bits per heavy atom. The molecular weight excluding hydrogens is 495 g/mol. The molecule has 182 valence electrons. The normalized spacial score (nSPS) is 12.5. The monoisotopic (exact) mass is 510 g/mol. The van der Waals surface area contributed by atoms with Gasteiger partial charge >= 0.3 is 6.18 Å². The molecule has 1 atom stereocenters. The predicted octanol–water partition coefficient (Wildman–Crippen LogP) is 6.63. The van der Waals surface area contributed by atoms with E-state index in [1.807, 2.05) is 0 Å². The summed E-state index contributed by atoms with van der Waals surface area (Å²) in [6.45, 7) is 1.44. The Balaban J connectivity index is 1.59. The van der Waals surface area contributed by atoms with Crippen LogP contribution < -0.4 is 9.47 Å². The largest absolute Gasteiger partial charge is 0.493 e. The molecule has 0 saturated carbocycles. The Labute approximate surface area is 200 Å². The second-order valence-electron chi connectivity index (χ2n) is 7.33. The van der Waals surface area contributed by atoms with Gasteiger partial charge in [-0.05, 0) is 43.3 Å². The average molecular weight is 511 g/mol. The van der Waals surface area contributed by atoms with Crippen molar-refractivity contribution in [2.24, 2.45) is 0 Å². The van der Waals surface area contributed by atoms with Crippen LogP contribution >= 0.6 is 11.6 Å². The molecule has 1 N–H and O–H groups in total. The molecule has 1 unspecified atom stereocenters. The van der Waals surface area contributed by atoms with E-state index in [4.69, 9.17) is 21.1 Å². The zero-order valence-corrected chi connectivity index (χ0v) is 18.9. The third-order valence-electron chi connectivity index (χ3n) is 4.98. The summed E-state index contributed by atoms with van der Waals surface area (Å²) in [5, 5.41) is 0.212. The topological polar surface area (TPSA) is 72.9 Å². The number of nitrogens with zero attached hydrogens (tertiary/aromatic N) is 3. The van der Waals surface area contributed by atoms with Crippen LogP contribution in [0.15, 0.2) is 48.8 Å². The maximum atomic E-state index is 14.3. The molecule has 12 heteroatoms. The van der Waals surface area contributed by atoms with Gasteiger partial charge in [0.1, 0.15) is 34.3 Å². The van der Waals surface area contributed by atoms with Crippen molar-refractivity contribution >= 4 is 11.6 Å². The van der Waals surface area contributed by atoms with Crippen LogP contribution in [0.1, 0.15) is 24.3 Å². The Kier molecular flexibility index (Phi) is 6.62. The van der Waals surface area contributed by atoms with Crippen molar-refractivity contribution in [1.82, 2.24) is 19.9 Å². The van der Waals surface area contributed by atoms with E-state index in [0.29, 0.717) is 34.9 Å². The van der Waals surface area contributed by atoms with Crippen molar-refractivity contribution in [3.8, 4) is 34.1 Å². The number of ether oxygens (including phenoxy) is 2. The number of hydrogen-bond acceptors (Lipinski definition) is 5. The van der Waals surface area contributed by atoms with Gasteiger partial charge in [-0.2, -0.15) is 17.6 Å². The summed E-state index contributed by atoms with van der Waals surface area (Å²) >= 11 is 6.31. The highest BCUT2D eigenvalue weighted by Crippen LogP contribution is 2.38. The zero-order chi connectivity index (χ0) is 25.3. The molecular formula is C23H16ClF5N4O2. The fourth-order valence-electron chi connectivity index (χ4n) is 3.26. The van der Waals surface area contributed by atoms with Crippen molar-refractivity contribution in [3.63, 3.8) is 0 Å². The van der Waals surface area contributed by atoms with Gasteiger partial charge in [-0.25, -0.2) is 14.4 Å². The molecule has 0 fully saturated rings. The van der Waals surface area contributed by atoms with E-state index in [2.05, 4.69) is 19.9 Å². The van der Waals surface area contributed by atoms with E-state index < -0.39 is 29.6 Å². The number of benzene rings is 1. The molecule has 0 aliphatic heterocycles. The molecule has 6 nitrogen and oxygen atoms in total. The summed E-state index contributed by atoms with van der Waals surface area (Å²) in [6.07, 6.45) is -3.88. The first kappa shape index (κ1) is 24.4. The summed E-state index contributed by atoms with van der Waals surface area (Å²) in [5.74, 6) is -0.971. The summed E-state index contributed by atoms with van der Waals surface area (Å²) < 4.78 is 76.8. The fourth-order valence-corrected chi connectivity index (χ4v) is 3.50. The lowest BCUT2D eigenvalue weighted by Crippen LogP contribution is -2.12. The molecule has 3 aromatic heterocycles. The van der Waals surface area contributed by atoms with Crippen LogP contribution in [0.2, 0.25) is 5.15 Å². The van der Waals surface area contributed by atoms with E-state index in [0.717, 1.165) is 0 Å². The zero-order valence-electron chi connectivity index (χ0n) is 18.1. The van der Waals surface area contributed by atoms with Crippen LogP contribution in [0, 0.1) is 11.8 Å². The van der Waals surface area contributed by atoms with Gasteiger partial charge in [-0.1, -0.05) is 11.6 Å². The third kappa shape index (κ3) is 5.19. The first-order valence-corrected chi connectivity index (χ1v) is 10.4. The molecule has 4 rings (SSSR count). The van der Waals surface area contributed by atoms with Crippen LogP contribution in [-0.2, 0) is 6.18 Å². The number of nitrogens with one attached hydrogen (secondary N) is 1. The molecule has 0 saturated heterocycles. The number of pyridine rings is 2. The van der Waals surface area contributed by atoms with Crippen molar-refractivity contribution < 1.29 is 31.4 Å². The predicted molar refractivity (Wildman–Crippen MR) is 117 cm³/mol. The fraction of sp³-hybridized carbons (Fsp3) is 0.174. The molecule has 0 aliphatic rings. The number of aromatic nitrogens is 4. The summed E-state index contributed by atoms with van der Waals surface area (Å²) in [6, 6.07) is 7.78. The molecule has 1 aromatic carbocycles. The standard InChI is InChI=1S/C23H16ClF5N4O2/c1-11(19-15(25)8-14(10-31-19)23(27,28)29)35-16-5-3-12(7-17(16)34-2)20-21(24)33-22(32-20)13-4-6-18(26)30-9-13/h3-11H,1-2H3,(H,32,33). The second kappa shape index (κ2) is 9.49. The second-order valence-corrected chi connectivity index (χ2v) is 7.71. The van der Waals surface area contributed by atoms with Gasteiger partial charge in [-0.3, -0.25) is 4.98 Å². The summed E-state index contributed by atoms with van der Waals surface area (Å²) in [7, 11) is 1.38.